The van der Waals surface area contributed by atoms with Gasteiger partial charge in [-0.25, -0.2) is 4.98 Å². The number of piperidine rings is 1. The normalized spacial score (nSPS) is 20.8. The number of aromatic nitrogens is 2. The number of benzene rings is 1. The molecule has 1 saturated heterocycles. The van der Waals surface area contributed by atoms with E-state index in [0.717, 1.165) is 35.8 Å². The molecule has 19 heavy (non-hydrogen) atoms. The lowest BCUT2D eigenvalue weighted by atomic mass is 10.1. The van der Waals surface area contributed by atoms with Gasteiger partial charge in [0.1, 0.15) is 0 Å². The SMILES string of the molecule is CCN1CCCC(Nc2nc3ccc(N)cc3[nH]2)C1. The average molecular weight is 259 g/mol. The fraction of sp³-hybridized carbons (Fsp3) is 0.500. The van der Waals surface area contributed by atoms with Crippen LogP contribution in [-0.4, -0.2) is 40.5 Å². The molecule has 0 bridgehead atoms. The minimum Gasteiger partial charge on any atom is -0.399 e. The van der Waals surface area contributed by atoms with Gasteiger partial charge in [-0.15, -0.1) is 0 Å². The zero-order valence-electron chi connectivity index (χ0n) is 11.3. The van der Waals surface area contributed by atoms with E-state index in [1.165, 1.54) is 19.4 Å². The molecule has 2 heterocycles. The molecule has 0 amide bonds. The topological polar surface area (TPSA) is 70.0 Å². The summed E-state index contributed by atoms with van der Waals surface area (Å²) in [6.45, 7) is 5.64. The number of likely N-dealkylation sites (tertiary alicyclic amines) is 1. The molecular weight excluding hydrogens is 238 g/mol. The van der Waals surface area contributed by atoms with E-state index >= 15 is 0 Å². The van der Waals surface area contributed by atoms with Crippen LogP contribution < -0.4 is 11.1 Å². The molecule has 0 aliphatic carbocycles. The number of nitrogens with two attached hydrogens (primary N) is 1. The van der Waals surface area contributed by atoms with Gasteiger partial charge in [0.15, 0.2) is 0 Å². The Balaban J connectivity index is 1.74. The van der Waals surface area contributed by atoms with Crippen molar-refractivity contribution in [3.8, 4) is 0 Å². The van der Waals surface area contributed by atoms with Crippen molar-refractivity contribution >= 4 is 22.7 Å². The van der Waals surface area contributed by atoms with Gasteiger partial charge in [0.05, 0.1) is 11.0 Å². The Labute approximate surface area is 113 Å². The standard InChI is InChI=1S/C14H21N5/c1-2-19-7-3-4-11(9-19)16-14-17-12-6-5-10(15)8-13(12)18-14/h5-6,8,11H,2-4,7,9,15H2,1H3,(H2,16,17,18). The number of H-pyrrole nitrogens is 1. The minimum atomic E-state index is 0.478. The smallest absolute Gasteiger partial charge is 0.201 e. The molecule has 5 heteroatoms. The molecule has 0 spiro atoms. The highest BCUT2D eigenvalue weighted by Crippen LogP contribution is 2.19. The van der Waals surface area contributed by atoms with Crippen LogP contribution in [-0.2, 0) is 0 Å². The van der Waals surface area contributed by atoms with Crippen molar-refractivity contribution in [3.63, 3.8) is 0 Å². The summed E-state index contributed by atoms with van der Waals surface area (Å²) in [5, 5.41) is 3.50. The lowest BCUT2D eigenvalue weighted by Crippen LogP contribution is -2.42. The van der Waals surface area contributed by atoms with Crippen LogP contribution in [0.2, 0.25) is 0 Å². The third-order valence-electron chi connectivity index (χ3n) is 3.80. The van der Waals surface area contributed by atoms with Crippen molar-refractivity contribution < 1.29 is 0 Å². The van der Waals surface area contributed by atoms with E-state index < -0.39 is 0 Å². The van der Waals surface area contributed by atoms with Crippen molar-refractivity contribution in [1.82, 2.24) is 14.9 Å². The monoisotopic (exact) mass is 259 g/mol. The average Bonchev–Trinajstić information content (AvgIpc) is 2.80. The molecular formula is C14H21N5. The summed E-state index contributed by atoms with van der Waals surface area (Å²) in [5.41, 5.74) is 8.49. The van der Waals surface area contributed by atoms with Gasteiger partial charge in [-0.2, -0.15) is 0 Å². The van der Waals surface area contributed by atoms with Gasteiger partial charge >= 0.3 is 0 Å². The van der Waals surface area contributed by atoms with Gasteiger partial charge in [-0.3, -0.25) is 0 Å². The molecule has 0 saturated carbocycles. The first-order valence-electron chi connectivity index (χ1n) is 6.98. The summed E-state index contributed by atoms with van der Waals surface area (Å²) in [6, 6.07) is 6.23. The molecule has 1 aromatic carbocycles. The summed E-state index contributed by atoms with van der Waals surface area (Å²) >= 11 is 0. The Morgan fingerprint density at radius 1 is 1.53 bits per heavy atom. The van der Waals surface area contributed by atoms with Gasteiger partial charge in [-0.05, 0) is 44.1 Å². The number of rotatable bonds is 3. The predicted molar refractivity (Wildman–Crippen MR) is 79.3 cm³/mol. The maximum atomic E-state index is 5.78. The number of aromatic amines is 1. The van der Waals surface area contributed by atoms with E-state index in [1.54, 1.807) is 0 Å². The van der Waals surface area contributed by atoms with E-state index in [0.29, 0.717) is 6.04 Å². The predicted octanol–water partition coefficient (Wildman–Crippen LogP) is 2.04. The van der Waals surface area contributed by atoms with Crippen molar-refractivity contribution in [2.75, 3.05) is 30.7 Å². The van der Waals surface area contributed by atoms with Crippen molar-refractivity contribution in [1.29, 1.82) is 0 Å². The second kappa shape index (κ2) is 5.09. The van der Waals surface area contributed by atoms with Crippen LogP contribution in [0.1, 0.15) is 19.8 Å². The van der Waals surface area contributed by atoms with Crippen molar-refractivity contribution in [2.24, 2.45) is 0 Å². The van der Waals surface area contributed by atoms with Crippen molar-refractivity contribution in [3.05, 3.63) is 18.2 Å². The molecule has 2 aromatic rings. The highest BCUT2D eigenvalue weighted by atomic mass is 15.2. The van der Waals surface area contributed by atoms with Gasteiger partial charge in [0, 0.05) is 18.3 Å². The number of hydrogen-bond acceptors (Lipinski definition) is 4. The quantitative estimate of drug-likeness (QED) is 0.738. The lowest BCUT2D eigenvalue weighted by molar-refractivity contribution is 0.226. The zero-order chi connectivity index (χ0) is 13.2. The minimum absolute atomic E-state index is 0.478. The van der Waals surface area contributed by atoms with Gasteiger partial charge in [0.2, 0.25) is 5.95 Å². The number of nitrogens with zero attached hydrogens (tertiary/aromatic N) is 2. The first-order valence-corrected chi connectivity index (χ1v) is 6.98. The summed E-state index contributed by atoms with van der Waals surface area (Å²) < 4.78 is 0. The van der Waals surface area contributed by atoms with E-state index in [1.807, 2.05) is 18.2 Å². The molecule has 102 valence electrons. The molecule has 1 atom stereocenters. The molecule has 3 rings (SSSR count). The maximum absolute atomic E-state index is 5.78. The molecule has 1 unspecified atom stereocenters. The van der Waals surface area contributed by atoms with E-state index in [2.05, 4.69) is 27.1 Å². The highest BCUT2D eigenvalue weighted by Gasteiger charge is 2.19. The number of imidazole rings is 1. The van der Waals surface area contributed by atoms with Crippen LogP contribution in [0, 0.1) is 0 Å². The summed E-state index contributed by atoms with van der Waals surface area (Å²) in [5.74, 6) is 0.851. The highest BCUT2D eigenvalue weighted by molar-refractivity contribution is 5.80. The maximum Gasteiger partial charge on any atom is 0.201 e. The first kappa shape index (κ1) is 12.3. The Morgan fingerprint density at radius 2 is 2.42 bits per heavy atom. The van der Waals surface area contributed by atoms with E-state index in [4.69, 9.17) is 5.73 Å². The Hall–Kier alpha value is -1.75. The van der Waals surface area contributed by atoms with E-state index in [9.17, 15) is 0 Å². The van der Waals surface area contributed by atoms with Crippen LogP contribution in [0.25, 0.3) is 11.0 Å². The number of anilines is 2. The van der Waals surface area contributed by atoms with Crippen LogP contribution in [0.15, 0.2) is 18.2 Å². The Morgan fingerprint density at radius 3 is 3.26 bits per heavy atom. The van der Waals surface area contributed by atoms with Crippen LogP contribution >= 0.6 is 0 Å². The molecule has 1 fully saturated rings. The third kappa shape index (κ3) is 2.66. The summed E-state index contributed by atoms with van der Waals surface area (Å²) in [7, 11) is 0. The summed E-state index contributed by atoms with van der Waals surface area (Å²) in [4.78, 5) is 10.3. The Bertz CT molecular complexity index is 562. The zero-order valence-corrected chi connectivity index (χ0v) is 11.3. The van der Waals surface area contributed by atoms with Gasteiger partial charge in [0.25, 0.3) is 0 Å². The molecule has 1 aliphatic heterocycles. The Kier molecular flexibility index (Phi) is 3.29. The molecule has 0 radical (unpaired) electrons. The first-order chi connectivity index (χ1) is 9.24. The number of fused-ring (bicyclic) bond motifs is 1. The van der Waals surface area contributed by atoms with Gasteiger partial charge in [-0.1, -0.05) is 6.92 Å². The molecule has 1 aromatic heterocycles. The summed E-state index contributed by atoms with van der Waals surface area (Å²) in [6.07, 6.45) is 2.45. The van der Waals surface area contributed by atoms with E-state index in [-0.39, 0.29) is 0 Å². The second-order valence-electron chi connectivity index (χ2n) is 5.24. The lowest BCUT2D eigenvalue weighted by Gasteiger charge is -2.32. The fourth-order valence-corrected chi connectivity index (χ4v) is 2.75. The van der Waals surface area contributed by atoms with Crippen LogP contribution in [0.3, 0.4) is 0 Å². The molecule has 5 nitrogen and oxygen atoms in total. The number of hydrogen-bond donors (Lipinski definition) is 3. The third-order valence-corrected chi connectivity index (χ3v) is 3.80. The van der Waals surface area contributed by atoms with Crippen molar-refractivity contribution in [2.45, 2.75) is 25.8 Å². The largest absolute Gasteiger partial charge is 0.399 e. The fourth-order valence-electron chi connectivity index (χ4n) is 2.75. The van der Waals surface area contributed by atoms with Crippen LogP contribution in [0.5, 0.6) is 0 Å². The second-order valence-corrected chi connectivity index (χ2v) is 5.24. The number of likely N-dealkylation sites (N-methyl/N-ethyl adjacent to an activating group) is 1. The van der Waals surface area contributed by atoms with Gasteiger partial charge < -0.3 is 20.9 Å². The molecule has 1 aliphatic rings. The number of nitrogens with one attached hydrogen (secondary N) is 2. The number of nitrogen functional groups attached to an aromatic ring is 1. The van der Waals surface area contributed by atoms with Crippen LogP contribution in [0.4, 0.5) is 11.6 Å². The molecule has 4 N–H and O–H groups in total.